The number of hydrogen-bond donors (Lipinski definition) is 3. The van der Waals surface area contributed by atoms with E-state index >= 15 is 0 Å². The highest BCUT2D eigenvalue weighted by Gasteiger charge is 2.30. The Bertz CT molecular complexity index is 909. The summed E-state index contributed by atoms with van der Waals surface area (Å²) in [6.45, 7) is 0. The first-order valence-electron chi connectivity index (χ1n) is 8.05. The lowest BCUT2D eigenvalue weighted by Gasteiger charge is -2.13. The highest BCUT2D eigenvalue weighted by Crippen LogP contribution is 2.26. The van der Waals surface area contributed by atoms with Crippen LogP contribution in [0.2, 0.25) is 0 Å². The molecular formula is C17H18N2O5S2. The monoisotopic (exact) mass is 394 g/mol. The molecule has 1 saturated carbocycles. The minimum Gasteiger partial charge on any atom is -0.481 e. The predicted molar refractivity (Wildman–Crippen MR) is 97.8 cm³/mol. The van der Waals surface area contributed by atoms with Crippen LogP contribution in [0.5, 0.6) is 0 Å². The normalized spacial score (nSPS) is 19.8. The fraction of sp³-hybridized carbons (Fsp3) is 0.294. The molecule has 1 amide bonds. The molecule has 1 heterocycles. The Labute approximate surface area is 155 Å². The maximum Gasteiger partial charge on any atom is 0.306 e. The van der Waals surface area contributed by atoms with Gasteiger partial charge in [-0.1, -0.05) is 12.1 Å². The minimum atomic E-state index is -3.68. The quantitative estimate of drug-likeness (QED) is 0.697. The number of benzene rings is 1. The summed E-state index contributed by atoms with van der Waals surface area (Å²) in [5, 5.41) is 13.5. The molecule has 0 bridgehead atoms. The van der Waals surface area contributed by atoms with E-state index in [2.05, 4.69) is 10.0 Å². The summed E-state index contributed by atoms with van der Waals surface area (Å²) in [5.74, 6) is -1.62. The number of rotatable bonds is 6. The molecule has 2 aromatic rings. The molecule has 1 aliphatic rings. The van der Waals surface area contributed by atoms with Gasteiger partial charge < -0.3 is 10.4 Å². The van der Waals surface area contributed by atoms with Crippen LogP contribution in [-0.2, 0) is 14.8 Å². The maximum atomic E-state index is 12.4. The van der Waals surface area contributed by atoms with E-state index in [4.69, 9.17) is 5.11 Å². The molecule has 1 aromatic carbocycles. The molecule has 9 heteroatoms. The topological polar surface area (TPSA) is 113 Å². The molecule has 3 rings (SSSR count). The number of sulfonamides is 1. The average molecular weight is 394 g/mol. The highest BCUT2D eigenvalue weighted by atomic mass is 32.2. The third kappa shape index (κ3) is 4.23. The second kappa shape index (κ2) is 7.46. The van der Waals surface area contributed by atoms with Gasteiger partial charge in [0.1, 0.15) is 4.21 Å². The van der Waals surface area contributed by atoms with E-state index in [1.807, 2.05) is 0 Å². The van der Waals surface area contributed by atoms with Crippen molar-refractivity contribution in [3.63, 3.8) is 0 Å². The van der Waals surface area contributed by atoms with Crippen LogP contribution in [0.25, 0.3) is 0 Å². The number of nitrogens with one attached hydrogen (secondary N) is 2. The third-order valence-electron chi connectivity index (χ3n) is 4.25. The summed E-state index contributed by atoms with van der Waals surface area (Å²) in [6, 6.07) is 9.17. The van der Waals surface area contributed by atoms with Gasteiger partial charge in [-0.15, -0.1) is 11.3 Å². The summed E-state index contributed by atoms with van der Waals surface area (Å²) in [6.07, 6.45) is 1.57. The summed E-state index contributed by atoms with van der Waals surface area (Å²) < 4.78 is 27.2. The molecule has 3 N–H and O–H groups in total. The van der Waals surface area contributed by atoms with Gasteiger partial charge in [-0.25, -0.2) is 8.42 Å². The Morgan fingerprint density at radius 2 is 1.96 bits per heavy atom. The minimum absolute atomic E-state index is 0.185. The first kappa shape index (κ1) is 18.4. The van der Waals surface area contributed by atoms with Crippen molar-refractivity contribution in [3.05, 3.63) is 47.3 Å². The van der Waals surface area contributed by atoms with Crippen molar-refractivity contribution in [3.8, 4) is 0 Å². The zero-order valence-electron chi connectivity index (χ0n) is 13.7. The molecule has 0 aliphatic heterocycles. The van der Waals surface area contributed by atoms with Crippen molar-refractivity contribution >= 4 is 38.9 Å². The molecule has 2 atom stereocenters. The SMILES string of the molecule is O=C(N[C@@H]1CC[C@H](C(=O)O)C1)c1cccc(NS(=O)(=O)c2cccs2)c1. The van der Waals surface area contributed by atoms with Gasteiger partial charge in [0.2, 0.25) is 0 Å². The van der Waals surface area contributed by atoms with Crippen LogP contribution in [-0.4, -0.2) is 31.4 Å². The van der Waals surface area contributed by atoms with E-state index in [9.17, 15) is 18.0 Å². The molecular weight excluding hydrogens is 376 g/mol. The van der Waals surface area contributed by atoms with Crippen LogP contribution in [0.3, 0.4) is 0 Å². The van der Waals surface area contributed by atoms with Crippen LogP contribution in [0, 0.1) is 5.92 Å². The first-order valence-corrected chi connectivity index (χ1v) is 10.4. The van der Waals surface area contributed by atoms with Crippen molar-refractivity contribution in [2.75, 3.05) is 4.72 Å². The summed E-state index contributed by atoms with van der Waals surface area (Å²) in [4.78, 5) is 23.4. The van der Waals surface area contributed by atoms with E-state index in [0.717, 1.165) is 11.3 Å². The Kier molecular flexibility index (Phi) is 5.28. The van der Waals surface area contributed by atoms with Crippen molar-refractivity contribution < 1.29 is 23.1 Å². The van der Waals surface area contributed by atoms with Gasteiger partial charge in [0.15, 0.2) is 0 Å². The zero-order valence-corrected chi connectivity index (χ0v) is 15.3. The van der Waals surface area contributed by atoms with Crippen molar-refractivity contribution in [1.82, 2.24) is 5.32 Å². The summed E-state index contributed by atoms with van der Waals surface area (Å²) in [7, 11) is -3.68. The fourth-order valence-electron chi connectivity index (χ4n) is 2.95. The number of carbonyl (C=O) groups is 2. The number of carboxylic acid groups (broad SMARTS) is 1. The molecule has 0 spiro atoms. The van der Waals surface area contributed by atoms with Crippen molar-refractivity contribution in [1.29, 1.82) is 0 Å². The van der Waals surface area contributed by atoms with Gasteiger partial charge in [-0.2, -0.15) is 0 Å². The molecule has 0 unspecified atom stereocenters. The number of carboxylic acids is 1. The van der Waals surface area contributed by atoms with Crippen LogP contribution in [0.15, 0.2) is 46.0 Å². The van der Waals surface area contributed by atoms with Crippen LogP contribution >= 0.6 is 11.3 Å². The molecule has 1 fully saturated rings. The van der Waals surface area contributed by atoms with Gasteiger partial charge in [0.05, 0.1) is 5.92 Å². The summed E-state index contributed by atoms with van der Waals surface area (Å²) >= 11 is 1.11. The fourth-order valence-corrected chi connectivity index (χ4v) is 4.99. The van der Waals surface area contributed by atoms with Crippen LogP contribution in [0.1, 0.15) is 29.6 Å². The zero-order chi connectivity index (χ0) is 18.7. The molecule has 0 saturated heterocycles. The Hall–Kier alpha value is -2.39. The van der Waals surface area contributed by atoms with E-state index in [1.54, 1.807) is 29.6 Å². The molecule has 7 nitrogen and oxygen atoms in total. The number of thiophene rings is 1. The van der Waals surface area contributed by atoms with Gasteiger partial charge >= 0.3 is 5.97 Å². The Morgan fingerprint density at radius 3 is 2.62 bits per heavy atom. The van der Waals surface area contributed by atoms with E-state index in [1.165, 1.54) is 12.1 Å². The lowest BCUT2D eigenvalue weighted by molar-refractivity contribution is -0.141. The lowest BCUT2D eigenvalue weighted by atomic mass is 10.1. The van der Waals surface area contributed by atoms with Crippen LogP contribution < -0.4 is 10.0 Å². The number of anilines is 1. The lowest BCUT2D eigenvalue weighted by Crippen LogP contribution is -2.33. The number of hydrogen-bond acceptors (Lipinski definition) is 5. The standard InChI is InChI=1S/C17H18N2O5S2/c20-16(18-13-7-6-12(10-13)17(21)22)11-3-1-4-14(9-11)19-26(23,24)15-5-2-8-25-15/h1-5,8-9,12-13,19H,6-7,10H2,(H,18,20)(H,21,22)/t12-,13+/m0/s1. The molecule has 26 heavy (non-hydrogen) atoms. The molecule has 0 radical (unpaired) electrons. The van der Waals surface area contributed by atoms with Gasteiger partial charge in [0.25, 0.3) is 15.9 Å². The Morgan fingerprint density at radius 1 is 1.15 bits per heavy atom. The van der Waals surface area contributed by atoms with Gasteiger partial charge in [0, 0.05) is 17.3 Å². The molecule has 1 aliphatic carbocycles. The van der Waals surface area contributed by atoms with E-state index in [-0.39, 0.29) is 16.2 Å². The number of carbonyl (C=O) groups excluding carboxylic acids is 1. The van der Waals surface area contributed by atoms with Gasteiger partial charge in [-0.3, -0.25) is 14.3 Å². The Balaban J connectivity index is 1.67. The molecule has 138 valence electrons. The highest BCUT2D eigenvalue weighted by molar-refractivity contribution is 7.94. The second-order valence-corrected chi connectivity index (χ2v) is 8.99. The third-order valence-corrected chi connectivity index (χ3v) is 7.03. The van der Waals surface area contributed by atoms with E-state index in [0.29, 0.717) is 30.5 Å². The largest absolute Gasteiger partial charge is 0.481 e. The van der Waals surface area contributed by atoms with E-state index < -0.39 is 21.9 Å². The van der Waals surface area contributed by atoms with Crippen molar-refractivity contribution in [2.45, 2.75) is 29.5 Å². The predicted octanol–water partition coefficient (Wildman–Crippen LogP) is 2.53. The smallest absolute Gasteiger partial charge is 0.306 e. The average Bonchev–Trinajstić information content (AvgIpc) is 3.27. The number of amides is 1. The van der Waals surface area contributed by atoms with Crippen LogP contribution in [0.4, 0.5) is 5.69 Å². The number of aliphatic carboxylic acids is 1. The first-order chi connectivity index (χ1) is 12.3. The second-order valence-electron chi connectivity index (χ2n) is 6.14. The van der Waals surface area contributed by atoms with Gasteiger partial charge in [-0.05, 0) is 48.9 Å². The van der Waals surface area contributed by atoms with Crippen molar-refractivity contribution in [2.24, 2.45) is 5.92 Å². The maximum absolute atomic E-state index is 12.4. The molecule has 1 aromatic heterocycles. The summed E-state index contributed by atoms with van der Waals surface area (Å²) in [5.41, 5.74) is 0.607.